The van der Waals surface area contributed by atoms with Gasteiger partial charge in [-0.05, 0) is 36.8 Å². The zero-order valence-corrected chi connectivity index (χ0v) is 18.3. The van der Waals surface area contributed by atoms with Crippen LogP contribution in [-0.4, -0.2) is 37.3 Å². The maximum Gasteiger partial charge on any atom is 0.242 e. The molecule has 0 aliphatic carbocycles. The molecule has 31 heavy (non-hydrogen) atoms. The Bertz CT molecular complexity index is 1200. The van der Waals surface area contributed by atoms with Crippen molar-refractivity contribution in [3.63, 3.8) is 0 Å². The number of hydrogen-bond donors (Lipinski definition) is 2. The third-order valence-electron chi connectivity index (χ3n) is 5.02. The number of nitrogens with zero attached hydrogens (tertiary/aromatic N) is 4. The van der Waals surface area contributed by atoms with Crippen LogP contribution < -0.4 is 10.0 Å². The predicted molar refractivity (Wildman–Crippen MR) is 116 cm³/mol. The van der Waals surface area contributed by atoms with E-state index in [0.717, 1.165) is 21.4 Å². The molecule has 1 aliphatic rings. The molecule has 3 aromatic rings. The van der Waals surface area contributed by atoms with Crippen LogP contribution in [0.15, 0.2) is 42.7 Å². The summed E-state index contributed by atoms with van der Waals surface area (Å²) < 4.78 is 32.4. The largest absolute Gasteiger partial charge is 0.325 e. The van der Waals surface area contributed by atoms with Gasteiger partial charge >= 0.3 is 0 Å². The minimum Gasteiger partial charge on any atom is -0.325 e. The van der Waals surface area contributed by atoms with Crippen LogP contribution in [-0.2, 0) is 23.0 Å². The number of aromatic nitrogens is 2. The van der Waals surface area contributed by atoms with Gasteiger partial charge in [0.2, 0.25) is 5.91 Å². The maximum absolute atomic E-state index is 13.5. The minimum absolute atomic E-state index is 0.153. The average Bonchev–Trinajstić information content (AvgIpc) is 3.40. The maximum atomic E-state index is 13.5. The Labute approximate surface area is 185 Å². The molecule has 0 radical (unpaired) electrons. The molecule has 1 aliphatic heterocycles. The number of likely N-dealkylation sites (N-methyl/N-ethyl adjacent to an activating group) is 1. The number of carbonyl (C=O) groups is 1. The standard InChI is InChI=1S/C20H19FN6O2S2/c1-26-11-13(10-23-26)18-5-6-19(30-18)16-8-17(27(2)31(29)25-16)20(28)24-14-3-4-15(21)12(7-14)9-22/h3-7,10-11,16-17,25H,8H2,1-2H3,(H,24,28). The Morgan fingerprint density at radius 1 is 1.39 bits per heavy atom. The van der Waals surface area contributed by atoms with Crippen LogP contribution in [0.3, 0.4) is 0 Å². The van der Waals surface area contributed by atoms with Crippen molar-refractivity contribution in [2.75, 3.05) is 12.4 Å². The Kier molecular flexibility index (Phi) is 5.97. The van der Waals surface area contributed by atoms with E-state index in [1.54, 1.807) is 35.3 Å². The molecule has 1 aromatic carbocycles. The van der Waals surface area contributed by atoms with Crippen molar-refractivity contribution < 1.29 is 13.4 Å². The Balaban J connectivity index is 1.52. The van der Waals surface area contributed by atoms with Crippen LogP contribution in [0.2, 0.25) is 0 Å². The number of halogens is 1. The molecule has 0 bridgehead atoms. The molecule has 160 valence electrons. The normalized spacial score (nSPS) is 21.5. The molecule has 4 rings (SSSR count). The third kappa shape index (κ3) is 4.42. The second-order valence-corrected chi connectivity index (χ2v) is 9.54. The molecule has 3 heterocycles. The van der Waals surface area contributed by atoms with Crippen molar-refractivity contribution in [2.24, 2.45) is 7.05 Å². The summed E-state index contributed by atoms with van der Waals surface area (Å²) in [4.78, 5) is 14.9. The molecule has 3 atom stereocenters. The summed E-state index contributed by atoms with van der Waals surface area (Å²) in [6, 6.07) is 8.55. The zero-order chi connectivity index (χ0) is 22.1. The fraction of sp³-hybridized carbons (Fsp3) is 0.250. The van der Waals surface area contributed by atoms with E-state index in [9.17, 15) is 13.4 Å². The highest BCUT2D eigenvalue weighted by Crippen LogP contribution is 2.35. The fourth-order valence-electron chi connectivity index (χ4n) is 3.34. The Morgan fingerprint density at radius 3 is 2.90 bits per heavy atom. The number of aryl methyl sites for hydroxylation is 1. The first-order valence-electron chi connectivity index (χ1n) is 9.36. The number of carbonyl (C=O) groups excluding carboxylic acids is 1. The highest BCUT2D eigenvalue weighted by molar-refractivity contribution is 7.80. The van der Waals surface area contributed by atoms with Crippen molar-refractivity contribution in [1.82, 2.24) is 18.8 Å². The molecule has 11 heteroatoms. The summed E-state index contributed by atoms with van der Waals surface area (Å²) in [5.41, 5.74) is 1.15. The summed E-state index contributed by atoms with van der Waals surface area (Å²) >= 11 is -0.00943. The van der Waals surface area contributed by atoms with E-state index < -0.39 is 23.0 Å². The SMILES string of the molecule is CN1C(C(=O)Nc2ccc(F)c(C#N)c2)CC(c2ccc(-c3cnn(C)c3)s2)NS1=O. The molecule has 1 fully saturated rings. The molecule has 2 aromatic heterocycles. The molecule has 0 spiro atoms. The summed E-state index contributed by atoms with van der Waals surface area (Å²) in [7, 11) is 3.45. The van der Waals surface area contributed by atoms with Gasteiger partial charge in [-0.25, -0.2) is 17.6 Å². The minimum atomic E-state index is -1.56. The highest BCUT2D eigenvalue weighted by Gasteiger charge is 2.37. The number of nitrogens with one attached hydrogen (secondary N) is 2. The van der Waals surface area contributed by atoms with E-state index in [-0.39, 0.29) is 17.5 Å². The highest BCUT2D eigenvalue weighted by atomic mass is 32.2. The lowest BCUT2D eigenvalue weighted by Crippen LogP contribution is -2.52. The van der Waals surface area contributed by atoms with Crippen molar-refractivity contribution >= 4 is 34.1 Å². The number of rotatable bonds is 4. The van der Waals surface area contributed by atoms with Gasteiger partial charge in [-0.2, -0.15) is 10.4 Å². The second kappa shape index (κ2) is 8.68. The first-order valence-corrected chi connectivity index (χ1v) is 11.3. The number of thiophene rings is 1. The van der Waals surface area contributed by atoms with Gasteiger partial charge in [0.1, 0.15) is 17.9 Å². The van der Waals surface area contributed by atoms with Gasteiger partial charge in [0.25, 0.3) is 0 Å². The molecule has 3 unspecified atom stereocenters. The Hall–Kier alpha value is -2.91. The summed E-state index contributed by atoms with van der Waals surface area (Å²) in [6.45, 7) is 0. The summed E-state index contributed by atoms with van der Waals surface area (Å²) in [5, 5.41) is 15.9. The first-order chi connectivity index (χ1) is 14.9. The van der Waals surface area contributed by atoms with Crippen LogP contribution in [0.1, 0.15) is 22.9 Å². The van der Waals surface area contributed by atoms with Gasteiger partial charge in [0.05, 0.1) is 17.8 Å². The molecule has 1 saturated heterocycles. The Morgan fingerprint density at radius 2 is 2.19 bits per heavy atom. The number of benzene rings is 1. The van der Waals surface area contributed by atoms with E-state index in [0.29, 0.717) is 12.1 Å². The molecule has 1 amide bonds. The van der Waals surface area contributed by atoms with Gasteiger partial charge in [-0.1, -0.05) is 0 Å². The van der Waals surface area contributed by atoms with Crippen LogP contribution in [0.4, 0.5) is 10.1 Å². The monoisotopic (exact) mass is 458 g/mol. The predicted octanol–water partition coefficient (Wildman–Crippen LogP) is 2.71. The zero-order valence-electron chi connectivity index (χ0n) is 16.7. The molecule has 8 nitrogen and oxygen atoms in total. The van der Waals surface area contributed by atoms with Gasteiger partial charge in [0, 0.05) is 41.3 Å². The topological polar surface area (TPSA) is 103 Å². The van der Waals surface area contributed by atoms with E-state index >= 15 is 0 Å². The molecular weight excluding hydrogens is 439 g/mol. The van der Waals surface area contributed by atoms with Gasteiger partial charge in [-0.3, -0.25) is 9.48 Å². The molecule has 0 saturated carbocycles. The third-order valence-corrected chi connectivity index (χ3v) is 7.53. The first kappa shape index (κ1) is 21.3. The lowest BCUT2D eigenvalue weighted by Gasteiger charge is -2.35. The smallest absolute Gasteiger partial charge is 0.242 e. The van der Waals surface area contributed by atoms with Gasteiger partial charge in [-0.15, -0.1) is 11.3 Å². The van der Waals surface area contributed by atoms with Crippen molar-refractivity contribution in [1.29, 1.82) is 5.26 Å². The fourth-order valence-corrected chi connectivity index (χ4v) is 5.51. The number of nitriles is 1. The molecule has 2 N–H and O–H groups in total. The van der Waals surface area contributed by atoms with Crippen LogP contribution in [0.5, 0.6) is 0 Å². The van der Waals surface area contributed by atoms with E-state index in [1.165, 1.54) is 16.4 Å². The quantitative estimate of drug-likeness (QED) is 0.627. The summed E-state index contributed by atoms with van der Waals surface area (Å²) in [5.74, 6) is -1.02. The summed E-state index contributed by atoms with van der Waals surface area (Å²) in [6.07, 6.45) is 4.10. The number of hydrogen-bond acceptors (Lipinski definition) is 5. The average molecular weight is 459 g/mol. The van der Waals surface area contributed by atoms with Crippen molar-refractivity contribution in [2.45, 2.75) is 18.5 Å². The number of anilines is 1. The van der Waals surface area contributed by atoms with E-state index in [4.69, 9.17) is 5.26 Å². The lowest BCUT2D eigenvalue weighted by molar-refractivity contribution is -0.120. The van der Waals surface area contributed by atoms with E-state index in [2.05, 4.69) is 15.1 Å². The van der Waals surface area contributed by atoms with E-state index in [1.807, 2.05) is 25.4 Å². The van der Waals surface area contributed by atoms with Crippen LogP contribution in [0.25, 0.3) is 10.4 Å². The van der Waals surface area contributed by atoms with Crippen molar-refractivity contribution in [3.8, 4) is 16.5 Å². The van der Waals surface area contributed by atoms with Crippen LogP contribution >= 0.6 is 11.3 Å². The van der Waals surface area contributed by atoms with Crippen LogP contribution in [0, 0.1) is 17.1 Å². The lowest BCUT2D eigenvalue weighted by atomic mass is 10.1. The molecular formula is C20H19FN6O2S2. The number of amides is 1. The van der Waals surface area contributed by atoms with Gasteiger partial charge in [0.15, 0.2) is 11.2 Å². The van der Waals surface area contributed by atoms with Crippen molar-refractivity contribution in [3.05, 3.63) is 59.0 Å². The second-order valence-electron chi connectivity index (χ2n) is 7.12. The van der Waals surface area contributed by atoms with Gasteiger partial charge < -0.3 is 5.32 Å².